The average Bonchev–Trinajstić information content (AvgIpc) is 2.98. The van der Waals surface area contributed by atoms with Crippen molar-refractivity contribution in [1.29, 1.82) is 0 Å². The van der Waals surface area contributed by atoms with E-state index in [-0.39, 0.29) is 0 Å². The number of benzene rings is 1. The predicted octanol–water partition coefficient (Wildman–Crippen LogP) is 3.72. The van der Waals surface area contributed by atoms with Crippen LogP contribution < -0.4 is 5.32 Å². The summed E-state index contributed by atoms with van der Waals surface area (Å²) in [4.78, 5) is 1.39. The molecule has 1 aromatic heterocycles. The van der Waals surface area contributed by atoms with Gasteiger partial charge in [-0.3, -0.25) is 4.68 Å². The highest BCUT2D eigenvalue weighted by atomic mass is 32.2. The number of rotatable bonds is 3. The van der Waals surface area contributed by atoms with Gasteiger partial charge in [0.25, 0.3) is 0 Å². The van der Waals surface area contributed by atoms with E-state index in [2.05, 4.69) is 54.7 Å². The third-order valence-electron chi connectivity index (χ3n) is 3.17. The second-order valence-electron chi connectivity index (χ2n) is 4.85. The van der Waals surface area contributed by atoms with Gasteiger partial charge in [0.2, 0.25) is 0 Å². The standard InChI is InChI=1S/C14H17N3S/c1-10(2)17-8-11(7-15-17)16-13-9-18-14-6-4-3-5-12(13)14/h3-8,10,13,16H,9H2,1-2H3. The molecule has 0 aliphatic carbocycles. The lowest BCUT2D eigenvalue weighted by Crippen LogP contribution is -2.09. The van der Waals surface area contributed by atoms with Crippen LogP contribution in [0, 0.1) is 0 Å². The minimum atomic E-state index is 0.399. The van der Waals surface area contributed by atoms with Crippen LogP contribution in [0.4, 0.5) is 5.69 Å². The molecule has 1 aliphatic heterocycles. The zero-order chi connectivity index (χ0) is 12.5. The number of hydrogen-bond donors (Lipinski definition) is 1. The van der Waals surface area contributed by atoms with E-state index in [0.29, 0.717) is 12.1 Å². The molecule has 0 fully saturated rings. The Morgan fingerprint density at radius 2 is 2.22 bits per heavy atom. The highest BCUT2D eigenvalue weighted by Gasteiger charge is 2.22. The van der Waals surface area contributed by atoms with Gasteiger partial charge in [0, 0.05) is 22.9 Å². The lowest BCUT2D eigenvalue weighted by atomic mass is 10.1. The van der Waals surface area contributed by atoms with Gasteiger partial charge < -0.3 is 5.32 Å². The summed E-state index contributed by atoms with van der Waals surface area (Å²) < 4.78 is 1.98. The van der Waals surface area contributed by atoms with E-state index >= 15 is 0 Å². The van der Waals surface area contributed by atoms with Crippen molar-refractivity contribution in [2.24, 2.45) is 0 Å². The maximum Gasteiger partial charge on any atom is 0.0731 e. The molecule has 0 radical (unpaired) electrons. The molecule has 4 heteroatoms. The van der Waals surface area contributed by atoms with E-state index in [1.807, 2.05) is 22.6 Å². The first-order chi connectivity index (χ1) is 8.74. The summed E-state index contributed by atoms with van der Waals surface area (Å²) in [6, 6.07) is 9.42. The summed E-state index contributed by atoms with van der Waals surface area (Å²) in [5.41, 5.74) is 2.51. The van der Waals surface area contributed by atoms with Gasteiger partial charge in [-0.2, -0.15) is 5.10 Å². The van der Waals surface area contributed by atoms with Crippen LogP contribution in [0.15, 0.2) is 41.6 Å². The molecule has 1 N–H and O–H groups in total. The minimum Gasteiger partial charge on any atom is -0.375 e. The molecule has 2 aromatic rings. The first-order valence-corrected chi connectivity index (χ1v) is 7.25. The second kappa shape index (κ2) is 4.69. The van der Waals surface area contributed by atoms with Gasteiger partial charge in [0.1, 0.15) is 0 Å². The number of aromatic nitrogens is 2. The molecule has 0 saturated carbocycles. The normalized spacial score (nSPS) is 18.1. The summed E-state index contributed by atoms with van der Waals surface area (Å²) in [7, 11) is 0. The number of hydrogen-bond acceptors (Lipinski definition) is 3. The first kappa shape index (κ1) is 11.7. The molecule has 0 spiro atoms. The molecule has 2 heterocycles. The van der Waals surface area contributed by atoms with Crippen LogP contribution in [0.5, 0.6) is 0 Å². The molecule has 3 rings (SSSR count). The average molecular weight is 259 g/mol. The van der Waals surface area contributed by atoms with Crippen molar-refractivity contribution < 1.29 is 0 Å². The number of nitrogens with one attached hydrogen (secondary N) is 1. The Morgan fingerprint density at radius 1 is 1.39 bits per heavy atom. The maximum atomic E-state index is 4.36. The SMILES string of the molecule is CC(C)n1cc(NC2CSc3ccccc32)cn1. The van der Waals surface area contributed by atoms with Gasteiger partial charge >= 0.3 is 0 Å². The van der Waals surface area contributed by atoms with Crippen molar-refractivity contribution in [3.63, 3.8) is 0 Å². The summed E-state index contributed by atoms with van der Waals surface area (Å²) in [6.45, 7) is 4.27. The van der Waals surface area contributed by atoms with Crippen molar-refractivity contribution in [2.45, 2.75) is 30.8 Å². The van der Waals surface area contributed by atoms with Crippen LogP contribution in [-0.4, -0.2) is 15.5 Å². The third-order valence-corrected chi connectivity index (χ3v) is 4.35. The van der Waals surface area contributed by atoms with Crippen LogP contribution in [0.3, 0.4) is 0 Å². The molecule has 0 bridgehead atoms. The van der Waals surface area contributed by atoms with Crippen LogP contribution in [0.1, 0.15) is 31.5 Å². The molecule has 1 aliphatic rings. The fourth-order valence-electron chi connectivity index (χ4n) is 2.18. The number of thioether (sulfide) groups is 1. The van der Waals surface area contributed by atoms with Gasteiger partial charge in [0.05, 0.1) is 17.9 Å². The van der Waals surface area contributed by atoms with E-state index in [9.17, 15) is 0 Å². The Kier molecular flexibility index (Phi) is 3.04. The lowest BCUT2D eigenvalue weighted by Gasteiger charge is -2.12. The third kappa shape index (κ3) is 2.12. The predicted molar refractivity (Wildman–Crippen MR) is 76.1 cm³/mol. The lowest BCUT2D eigenvalue weighted by molar-refractivity contribution is 0.532. The smallest absolute Gasteiger partial charge is 0.0731 e. The van der Waals surface area contributed by atoms with Crippen LogP contribution in [-0.2, 0) is 0 Å². The molecule has 18 heavy (non-hydrogen) atoms. The zero-order valence-corrected chi connectivity index (χ0v) is 11.4. The molecule has 1 aromatic carbocycles. The Bertz CT molecular complexity index is 547. The molecule has 3 nitrogen and oxygen atoms in total. The number of fused-ring (bicyclic) bond motifs is 1. The van der Waals surface area contributed by atoms with Gasteiger partial charge in [-0.25, -0.2) is 0 Å². The van der Waals surface area contributed by atoms with Crippen LogP contribution in [0.25, 0.3) is 0 Å². The van der Waals surface area contributed by atoms with E-state index in [0.717, 1.165) is 11.4 Å². The van der Waals surface area contributed by atoms with E-state index in [4.69, 9.17) is 0 Å². The maximum absolute atomic E-state index is 4.36. The molecule has 1 atom stereocenters. The van der Waals surface area contributed by atoms with Crippen molar-refractivity contribution in [1.82, 2.24) is 9.78 Å². The van der Waals surface area contributed by atoms with E-state index in [1.54, 1.807) is 0 Å². The van der Waals surface area contributed by atoms with Crippen molar-refractivity contribution in [3.05, 3.63) is 42.2 Å². The van der Waals surface area contributed by atoms with Gasteiger partial charge in [-0.05, 0) is 25.5 Å². The number of anilines is 1. The molecule has 0 saturated heterocycles. The monoisotopic (exact) mass is 259 g/mol. The quantitative estimate of drug-likeness (QED) is 0.911. The highest BCUT2D eigenvalue weighted by molar-refractivity contribution is 7.99. The largest absolute Gasteiger partial charge is 0.375 e. The van der Waals surface area contributed by atoms with Crippen LogP contribution >= 0.6 is 11.8 Å². The van der Waals surface area contributed by atoms with E-state index in [1.165, 1.54) is 10.5 Å². The number of nitrogens with zero attached hydrogens (tertiary/aromatic N) is 2. The zero-order valence-electron chi connectivity index (χ0n) is 10.6. The van der Waals surface area contributed by atoms with Gasteiger partial charge in [-0.15, -0.1) is 11.8 Å². The summed E-state index contributed by atoms with van der Waals surface area (Å²) in [5.74, 6) is 1.09. The molecular weight excluding hydrogens is 242 g/mol. The Morgan fingerprint density at radius 3 is 3.00 bits per heavy atom. The van der Waals surface area contributed by atoms with Crippen molar-refractivity contribution >= 4 is 17.4 Å². The summed E-state index contributed by atoms with van der Waals surface area (Å²) in [6.07, 6.45) is 3.99. The minimum absolute atomic E-state index is 0.399. The highest BCUT2D eigenvalue weighted by Crippen LogP contribution is 2.39. The van der Waals surface area contributed by atoms with Gasteiger partial charge in [-0.1, -0.05) is 18.2 Å². The molecule has 94 valence electrons. The topological polar surface area (TPSA) is 29.9 Å². The molecule has 1 unspecified atom stereocenters. The van der Waals surface area contributed by atoms with Crippen LogP contribution in [0.2, 0.25) is 0 Å². The van der Waals surface area contributed by atoms with E-state index < -0.39 is 0 Å². The van der Waals surface area contributed by atoms with Gasteiger partial charge in [0.15, 0.2) is 0 Å². The molecule has 0 amide bonds. The summed E-state index contributed by atoms with van der Waals surface area (Å²) >= 11 is 1.92. The Labute approximate surface area is 112 Å². The second-order valence-corrected chi connectivity index (χ2v) is 5.91. The Balaban J connectivity index is 1.78. The van der Waals surface area contributed by atoms with Crippen molar-refractivity contribution in [2.75, 3.05) is 11.1 Å². The molecular formula is C14H17N3S. The van der Waals surface area contributed by atoms with Crippen molar-refractivity contribution in [3.8, 4) is 0 Å². The fraction of sp³-hybridized carbons (Fsp3) is 0.357. The first-order valence-electron chi connectivity index (χ1n) is 6.26. The summed E-state index contributed by atoms with van der Waals surface area (Å²) in [5, 5.41) is 7.93. The fourth-order valence-corrected chi connectivity index (χ4v) is 3.34. The Hall–Kier alpha value is -1.42.